The molecule has 1 fully saturated rings. The van der Waals surface area contributed by atoms with Gasteiger partial charge in [-0.05, 0) is 6.92 Å². The molecular weight excluding hydrogens is 190 g/mol. The molecule has 1 aliphatic heterocycles. The molecule has 6 atom stereocenters. The quantitative estimate of drug-likeness (QED) is 0.290. The van der Waals surface area contributed by atoms with E-state index in [2.05, 4.69) is 5.32 Å². The van der Waals surface area contributed by atoms with Crippen molar-refractivity contribution in [2.24, 2.45) is 0 Å². The fourth-order valence-corrected chi connectivity index (χ4v) is 1.66. The van der Waals surface area contributed by atoms with E-state index in [0.717, 1.165) is 0 Å². The van der Waals surface area contributed by atoms with E-state index in [9.17, 15) is 15.3 Å². The highest BCUT2D eigenvalue weighted by Gasteiger charge is 2.44. The second kappa shape index (κ2) is 4.52. The molecule has 0 aromatic rings. The highest BCUT2D eigenvalue weighted by Crippen LogP contribution is 2.18. The summed E-state index contributed by atoms with van der Waals surface area (Å²) < 4.78 is 0. The first-order chi connectivity index (χ1) is 6.49. The van der Waals surface area contributed by atoms with Gasteiger partial charge in [-0.3, -0.25) is 0 Å². The van der Waals surface area contributed by atoms with Crippen LogP contribution in [-0.4, -0.2) is 68.6 Å². The van der Waals surface area contributed by atoms with Crippen molar-refractivity contribution < 1.29 is 25.5 Å². The SMILES string of the molecule is CC(O)C(O)C1NC(CO)C(O)C1O. The summed E-state index contributed by atoms with van der Waals surface area (Å²) in [5.74, 6) is 0. The Bertz CT molecular complexity index is 189. The molecule has 0 amide bonds. The molecule has 6 heteroatoms. The first kappa shape index (κ1) is 11.8. The van der Waals surface area contributed by atoms with Crippen molar-refractivity contribution in [3.63, 3.8) is 0 Å². The van der Waals surface area contributed by atoms with Gasteiger partial charge in [0.25, 0.3) is 0 Å². The zero-order chi connectivity index (χ0) is 10.9. The van der Waals surface area contributed by atoms with Gasteiger partial charge >= 0.3 is 0 Å². The van der Waals surface area contributed by atoms with Crippen LogP contribution in [0.2, 0.25) is 0 Å². The first-order valence-corrected chi connectivity index (χ1v) is 4.58. The van der Waals surface area contributed by atoms with Gasteiger partial charge in [0.15, 0.2) is 0 Å². The largest absolute Gasteiger partial charge is 0.395 e. The van der Waals surface area contributed by atoms with E-state index in [-0.39, 0.29) is 6.61 Å². The lowest BCUT2D eigenvalue weighted by Gasteiger charge is -2.24. The molecular formula is C8H17NO5. The van der Waals surface area contributed by atoms with Crippen molar-refractivity contribution in [3.8, 4) is 0 Å². The van der Waals surface area contributed by atoms with Gasteiger partial charge in [-0.1, -0.05) is 0 Å². The van der Waals surface area contributed by atoms with Crippen LogP contribution in [-0.2, 0) is 0 Å². The molecule has 0 aliphatic carbocycles. The second-order valence-corrected chi connectivity index (χ2v) is 3.69. The van der Waals surface area contributed by atoms with Gasteiger partial charge in [0.1, 0.15) is 0 Å². The zero-order valence-corrected chi connectivity index (χ0v) is 7.91. The van der Waals surface area contributed by atoms with Gasteiger partial charge in [0.05, 0.1) is 43.1 Å². The molecule has 0 aromatic heterocycles. The lowest BCUT2D eigenvalue weighted by molar-refractivity contribution is -0.0384. The summed E-state index contributed by atoms with van der Waals surface area (Å²) in [5, 5.41) is 48.9. The molecule has 6 nitrogen and oxygen atoms in total. The summed E-state index contributed by atoms with van der Waals surface area (Å²) in [6.45, 7) is 1.05. The summed E-state index contributed by atoms with van der Waals surface area (Å²) in [6.07, 6.45) is -4.49. The van der Waals surface area contributed by atoms with Gasteiger partial charge in [-0.2, -0.15) is 0 Å². The Balaban J connectivity index is 2.64. The van der Waals surface area contributed by atoms with Gasteiger partial charge in [0.2, 0.25) is 0 Å². The van der Waals surface area contributed by atoms with E-state index in [1.54, 1.807) is 0 Å². The Kier molecular flexibility index (Phi) is 3.82. The van der Waals surface area contributed by atoms with Crippen molar-refractivity contribution in [1.29, 1.82) is 0 Å². The number of hydrogen-bond donors (Lipinski definition) is 6. The van der Waals surface area contributed by atoms with Crippen LogP contribution in [0.5, 0.6) is 0 Å². The number of nitrogens with one attached hydrogen (secondary N) is 1. The van der Waals surface area contributed by atoms with Crippen molar-refractivity contribution in [2.75, 3.05) is 6.61 Å². The molecule has 0 bridgehead atoms. The van der Waals surface area contributed by atoms with Crippen molar-refractivity contribution in [1.82, 2.24) is 5.32 Å². The van der Waals surface area contributed by atoms with E-state index in [0.29, 0.717) is 0 Å². The summed E-state index contributed by atoms with van der Waals surface area (Å²) in [4.78, 5) is 0. The molecule has 14 heavy (non-hydrogen) atoms. The average molecular weight is 207 g/mol. The summed E-state index contributed by atoms with van der Waals surface area (Å²) >= 11 is 0. The third-order valence-electron chi connectivity index (χ3n) is 2.60. The van der Waals surface area contributed by atoms with Crippen LogP contribution >= 0.6 is 0 Å². The van der Waals surface area contributed by atoms with E-state index >= 15 is 0 Å². The molecule has 0 aromatic carbocycles. The van der Waals surface area contributed by atoms with E-state index in [1.807, 2.05) is 0 Å². The molecule has 84 valence electrons. The van der Waals surface area contributed by atoms with Crippen molar-refractivity contribution >= 4 is 0 Å². The number of rotatable bonds is 3. The number of hydrogen-bond acceptors (Lipinski definition) is 6. The minimum absolute atomic E-state index is 0.332. The predicted octanol–water partition coefficient (Wildman–Crippen LogP) is -3.22. The standard InChI is InChI=1S/C8H17NO5/c1-3(11)6(12)5-8(14)7(13)4(2-10)9-5/h3-14H,2H2,1H3. The lowest BCUT2D eigenvalue weighted by Crippen LogP contribution is -2.48. The maximum absolute atomic E-state index is 9.48. The Morgan fingerprint density at radius 1 is 1.21 bits per heavy atom. The smallest absolute Gasteiger partial charge is 0.0994 e. The number of aliphatic hydroxyl groups is 5. The minimum atomic E-state index is -1.18. The highest BCUT2D eigenvalue weighted by molar-refractivity contribution is 5.01. The van der Waals surface area contributed by atoms with Crippen LogP contribution < -0.4 is 5.32 Å². The molecule has 1 aliphatic rings. The topological polar surface area (TPSA) is 113 Å². The van der Waals surface area contributed by atoms with Crippen molar-refractivity contribution in [2.45, 2.75) is 43.4 Å². The second-order valence-electron chi connectivity index (χ2n) is 3.69. The zero-order valence-electron chi connectivity index (χ0n) is 7.91. The first-order valence-electron chi connectivity index (χ1n) is 4.58. The third kappa shape index (κ3) is 2.05. The average Bonchev–Trinajstić information content (AvgIpc) is 2.43. The van der Waals surface area contributed by atoms with Crippen LogP contribution in [0.15, 0.2) is 0 Å². The monoisotopic (exact) mass is 207 g/mol. The Morgan fingerprint density at radius 2 is 1.79 bits per heavy atom. The Morgan fingerprint density at radius 3 is 2.14 bits per heavy atom. The summed E-state index contributed by atoms with van der Waals surface area (Å²) in [7, 11) is 0. The lowest BCUT2D eigenvalue weighted by atomic mass is 10.0. The highest BCUT2D eigenvalue weighted by atomic mass is 16.4. The van der Waals surface area contributed by atoms with E-state index in [1.165, 1.54) is 6.92 Å². The van der Waals surface area contributed by atoms with E-state index in [4.69, 9.17) is 10.2 Å². The molecule has 1 heterocycles. The molecule has 0 saturated carbocycles. The maximum Gasteiger partial charge on any atom is 0.0994 e. The van der Waals surface area contributed by atoms with Gasteiger partial charge in [-0.25, -0.2) is 0 Å². The van der Waals surface area contributed by atoms with Crippen LogP contribution in [0.25, 0.3) is 0 Å². The third-order valence-corrected chi connectivity index (χ3v) is 2.60. The Labute approximate surface area is 81.8 Å². The number of aliphatic hydroxyl groups excluding tert-OH is 5. The minimum Gasteiger partial charge on any atom is -0.395 e. The van der Waals surface area contributed by atoms with Crippen LogP contribution in [0, 0.1) is 0 Å². The molecule has 6 unspecified atom stereocenters. The molecule has 1 saturated heterocycles. The molecule has 6 N–H and O–H groups in total. The summed E-state index contributed by atoms with van der Waals surface area (Å²) in [6, 6.07) is -1.48. The summed E-state index contributed by atoms with van der Waals surface area (Å²) in [5.41, 5.74) is 0. The van der Waals surface area contributed by atoms with Crippen molar-refractivity contribution in [3.05, 3.63) is 0 Å². The van der Waals surface area contributed by atoms with Gasteiger partial charge < -0.3 is 30.8 Å². The van der Waals surface area contributed by atoms with Gasteiger partial charge in [0, 0.05) is 0 Å². The molecule has 0 spiro atoms. The molecule has 1 rings (SSSR count). The van der Waals surface area contributed by atoms with E-state index < -0.39 is 36.5 Å². The van der Waals surface area contributed by atoms with Crippen LogP contribution in [0.1, 0.15) is 6.92 Å². The Hall–Kier alpha value is -0.240. The maximum atomic E-state index is 9.48. The fourth-order valence-electron chi connectivity index (χ4n) is 1.66. The van der Waals surface area contributed by atoms with Crippen LogP contribution in [0.3, 0.4) is 0 Å². The van der Waals surface area contributed by atoms with Gasteiger partial charge in [-0.15, -0.1) is 0 Å². The van der Waals surface area contributed by atoms with Crippen LogP contribution in [0.4, 0.5) is 0 Å². The predicted molar refractivity (Wildman–Crippen MR) is 47.5 cm³/mol. The molecule has 0 radical (unpaired) electrons. The fraction of sp³-hybridized carbons (Fsp3) is 1.00. The normalized spacial score (nSPS) is 42.4.